The van der Waals surface area contributed by atoms with Gasteiger partial charge in [-0.1, -0.05) is 33.8 Å². The lowest BCUT2D eigenvalue weighted by Crippen LogP contribution is -2.00. The molecule has 1 aromatic carbocycles. The van der Waals surface area contributed by atoms with E-state index in [1.165, 1.54) is 11.8 Å². The fraction of sp³-hybridized carbons (Fsp3) is 0.0769. The molecule has 0 saturated carbocycles. The number of halogens is 1. The summed E-state index contributed by atoms with van der Waals surface area (Å²) in [6, 6.07) is 9.36. The largest absolute Gasteiger partial charge is 0.326 e. The second kappa shape index (κ2) is 6.13. The molecule has 5 heteroatoms. The highest BCUT2D eigenvalue weighted by Gasteiger charge is 2.10. The topological polar surface area (TPSA) is 56.0 Å². The molecule has 2 N–H and O–H groups in total. The Labute approximate surface area is 118 Å². The fourth-order valence-corrected chi connectivity index (χ4v) is 3.19. The summed E-state index contributed by atoms with van der Waals surface area (Å²) in [5.74, 6) is 0. The van der Waals surface area contributed by atoms with E-state index < -0.39 is 0 Å². The van der Waals surface area contributed by atoms with Gasteiger partial charge in [-0.15, -0.1) is 0 Å². The van der Waals surface area contributed by atoms with Crippen molar-refractivity contribution in [3.63, 3.8) is 0 Å². The highest BCUT2D eigenvalue weighted by Crippen LogP contribution is 2.33. The zero-order chi connectivity index (χ0) is 13.0. The Hall–Kier alpha value is -1.17. The van der Waals surface area contributed by atoms with Gasteiger partial charge < -0.3 is 5.73 Å². The van der Waals surface area contributed by atoms with Gasteiger partial charge in [0.05, 0.1) is 0 Å². The van der Waals surface area contributed by atoms with Crippen LogP contribution in [0.15, 0.2) is 50.9 Å². The zero-order valence-electron chi connectivity index (χ0n) is 9.47. The first-order valence-electron chi connectivity index (χ1n) is 5.31. The van der Waals surface area contributed by atoms with E-state index in [2.05, 4.69) is 20.9 Å². The van der Waals surface area contributed by atoms with Crippen LogP contribution >= 0.6 is 27.7 Å². The molecule has 0 amide bonds. The molecule has 0 aliphatic heterocycles. The third-order valence-corrected chi connectivity index (χ3v) is 4.29. The molecule has 2 rings (SSSR count). The molecule has 18 heavy (non-hydrogen) atoms. The van der Waals surface area contributed by atoms with Gasteiger partial charge in [-0.25, -0.2) is 4.98 Å². The number of hydrogen-bond acceptors (Lipinski definition) is 4. The smallest absolute Gasteiger partial charge is 0.152 e. The average Bonchev–Trinajstić information content (AvgIpc) is 2.40. The summed E-state index contributed by atoms with van der Waals surface area (Å²) in [5.41, 5.74) is 7.35. The predicted octanol–water partition coefficient (Wildman–Crippen LogP) is 3.27. The van der Waals surface area contributed by atoms with Crippen molar-refractivity contribution in [1.29, 1.82) is 0 Å². The lowest BCUT2D eigenvalue weighted by atomic mass is 10.2. The van der Waals surface area contributed by atoms with E-state index in [0.29, 0.717) is 17.1 Å². The van der Waals surface area contributed by atoms with Gasteiger partial charge in [0, 0.05) is 27.7 Å². The van der Waals surface area contributed by atoms with Crippen molar-refractivity contribution in [2.45, 2.75) is 16.5 Å². The van der Waals surface area contributed by atoms with Gasteiger partial charge in [0.1, 0.15) is 5.03 Å². The monoisotopic (exact) mass is 322 g/mol. The maximum atomic E-state index is 11.0. The van der Waals surface area contributed by atoms with Crippen molar-refractivity contribution in [2.24, 2.45) is 5.73 Å². The minimum Gasteiger partial charge on any atom is -0.326 e. The summed E-state index contributed by atoms with van der Waals surface area (Å²) >= 11 is 4.92. The lowest BCUT2D eigenvalue weighted by Gasteiger charge is -2.09. The Morgan fingerprint density at radius 3 is 2.89 bits per heavy atom. The number of benzene rings is 1. The maximum absolute atomic E-state index is 11.0. The maximum Gasteiger partial charge on any atom is 0.152 e. The SMILES string of the molecule is NCc1c(Br)cccc1Sc1ncccc1C=O. The molecular formula is C13H11BrN2OS. The van der Waals surface area contributed by atoms with Crippen LogP contribution < -0.4 is 5.73 Å². The Balaban J connectivity index is 2.40. The molecule has 1 heterocycles. The summed E-state index contributed by atoms with van der Waals surface area (Å²) in [6.45, 7) is 0.438. The van der Waals surface area contributed by atoms with Crippen LogP contribution in [0.3, 0.4) is 0 Å². The number of pyridine rings is 1. The first kappa shape index (κ1) is 13.3. The third kappa shape index (κ3) is 2.80. The van der Waals surface area contributed by atoms with Crippen LogP contribution in [0.4, 0.5) is 0 Å². The van der Waals surface area contributed by atoms with Crippen molar-refractivity contribution < 1.29 is 4.79 Å². The van der Waals surface area contributed by atoms with E-state index in [4.69, 9.17) is 5.73 Å². The minimum atomic E-state index is 0.438. The molecule has 0 aliphatic rings. The summed E-state index contributed by atoms with van der Waals surface area (Å²) in [5, 5.41) is 0.695. The van der Waals surface area contributed by atoms with Gasteiger partial charge in [-0.2, -0.15) is 0 Å². The van der Waals surface area contributed by atoms with Crippen LogP contribution in [0.25, 0.3) is 0 Å². The molecule has 1 aromatic heterocycles. The van der Waals surface area contributed by atoms with Crippen LogP contribution in [0, 0.1) is 0 Å². The van der Waals surface area contributed by atoms with E-state index >= 15 is 0 Å². The number of hydrogen-bond donors (Lipinski definition) is 1. The molecular weight excluding hydrogens is 312 g/mol. The molecule has 0 aliphatic carbocycles. The Morgan fingerprint density at radius 1 is 1.33 bits per heavy atom. The standard InChI is InChI=1S/C13H11BrN2OS/c14-11-4-1-5-12(10(11)7-15)18-13-9(8-17)3-2-6-16-13/h1-6,8H,7,15H2. The highest BCUT2D eigenvalue weighted by molar-refractivity contribution is 9.10. The zero-order valence-corrected chi connectivity index (χ0v) is 11.9. The van der Waals surface area contributed by atoms with Crippen LogP contribution in [0.1, 0.15) is 15.9 Å². The fourth-order valence-electron chi connectivity index (χ4n) is 1.51. The number of carbonyl (C=O) groups is 1. The van der Waals surface area contributed by atoms with Gasteiger partial charge in [0.15, 0.2) is 6.29 Å². The van der Waals surface area contributed by atoms with Crippen molar-refractivity contribution in [3.05, 3.63) is 52.1 Å². The first-order valence-corrected chi connectivity index (χ1v) is 6.92. The van der Waals surface area contributed by atoms with Crippen molar-refractivity contribution in [2.75, 3.05) is 0 Å². The van der Waals surface area contributed by atoms with Crippen molar-refractivity contribution in [3.8, 4) is 0 Å². The molecule has 3 nitrogen and oxygen atoms in total. The van der Waals surface area contributed by atoms with Crippen LogP contribution in [0.2, 0.25) is 0 Å². The van der Waals surface area contributed by atoms with Gasteiger partial charge in [0.2, 0.25) is 0 Å². The molecule has 0 fully saturated rings. The van der Waals surface area contributed by atoms with E-state index in [-0.39, 0.29) is 0 Å². The Bertz CT molecular complexity index is 575. The van der Waals surface area contributed by atoms with Gasteiger partial charge in [0.25, 0.3) is 0 Å². The third-order valence-electron chi connectivity index (χ3n) is 2.41. The van der Waals surface area contributed by atoms with Crippen LogP contribution in [0.5, 0.6) is 0 Å². The van der Waals surface area contributed by atoms with Gasteiger partial charge in [-0.3, -0.25) is 4.79 Å². The second-order valence-electron chi connectivity index (χ2n) is 3.54. The van der Waals surface area contributed by atoms with Gasteiger partial charge in [-0.05, 0) is 29.8 Å². The number of rotatable bonds is 4. The molecule has 2 aromatic rings. The highest BCUT2D eigenvalue weighted by atomic mass is 79.9. The molecule has 0 unspecified atom stereocenters. The van der Waals surface area contributed by atoms with Gasteiger partial charge >= 0.3 is 0 Å². The Kier molecular flexibility index (Phi) is 4.52. The molecule has 0 atom stereocenters. The predicted molar refractivity (Wildman–Crippen MR) is 75.8 cm³/mol. The minimum absolute atomic E-state index is 0.438. The molecule has 0 spiro atoms. The number of nitrogens with zero attached hydrogens (tertiary/aromatic N) is 1. The Morgan fingerprint density at radius 2 is 2.17 bits per heavy atom. The summed E-state index contributed by atoms with van der Waals surface area (Å²) in [6.07, 6.45) is 2.49. The lowest BCUT2D eigenvalue weighted by molar-refractivity contribution is 0.112. The van der Waals surface area contributed by atoms with Crippen LogP contribution in [-0.2, 0) is 6.54 Å². The van der Waals surface area contributed by atoms with Crippen molar-refractivity contribution in [1.82, 2.24) is 4.98 Å². The molecule has 0 saturated heterocycles. The normalized spacial score (nSPS) is 10.3. The summed E-state index contributed by atoms with van der Waals surface area (Å²) < 4.78 is 0.971. The number of aldehydes is 1. The van der Waals surface area contributed by atoms with E-state index in [9.17, 15) is 4.79 Å². The molecule has 0 radical (unpaired) electrons. The van der Waals surface area contributed by atoms with Crippen LogP contribution in [-0.4, -0.2) is 11.3 Å². The summed E-state index contributed by atoms with van der Waals surface area (Å²) in [4.78, 5) is 16.2. The second-order valence-corrected chi connectivity index (χ2v) is 5.42. The molecule has 92 valence electrons. The van der Waals surface area contributed by atoms with E-state index in [0.717, 1.165) is 21.2 Å². The average molecular weight is 323 g/mol. The number of nitrogens with two attached hydrogens (primary N) is 1. The molecule has 0 bridgehead atoms. The first-order chi connectivity index (χ1) is 8.76. The quantitative estimate of drug-likeness (QED) is 0.878. The van der Waals surface area contributed by atoms with E-state index in [1.54, 1.807) is 18.3 Å². The number of aromatic nitrogens is 1. The van der Waals surface area contributed by atoms with E-state index in [1.807, 2.05) is 18.2 Å². The van der Waals surface area contributed by atoms with Crippen molar-refractivity contribution >= 4 is 34.0 Å². The summed E-state index contributed by atoms with van der Waals surface area (Å²) in [7, 11) is 0. The number of carbonyl (C=O) groups excluding carboxylic acids is 1.